The van der Waals surface area contributed by atoms with E-state index in [1.165, 1.54) is 12.8 Å². The molecule has 0 radical (unpaired) electrons. The number of nitrogens with zero attached hydrogens (tertiary/aromatic N) is 5. The van der Waals surface area contributed by atoms with Gasteiger partial charge in [-0.25, -0.2) is 13.4 Å². The van der Waals surface area contributed by atoms with Crippen LogP contribution in [-0.4, -0.2) is 63.7 Å². The highest BCUT2D eigenvalue weighted by molar-refractivity contribution is 14.0. The Kier molecular flexibility index (Phi) is 7.15. The molecular formula is C17H31IN6O2S. The first-order valence-electron chi connectivity index (χ1n) is 9.33. The first-order chi connectivity index (χ1) is 12.2. The zero-order chi connectivity index (χ0) is 18.9. The lowest BCUT2D eigenvalue weighted by Crippen LogP contribution is -2.58. The summed E-state index contributed by atoms with van der Waals surface area (Å²) in [7, 11) is -1.14. The number of guanidine groups is 1. The van der Waals surface area contributed by atoms with Crippen LogP contribution in [0.5, 0.6) is 0 Å². The zero-order valence-corrected chi connectivity index (χ0v) is 19.8. The number of aromatic nitrogens is 3. The van der Waals surface area contributed by atoms with Crippen LogP contribution in [0.15, 0.2) is 4.99 Å². The predicted octanol–water partition coefficient (Wildman–Crippen LogP) is 1.64. The third-order valence-corrected chi connectivity index (χ3v) is 8.12. The third-order valence-electron chi connectivity index (χ3n) is 5.58. The van der Waals surface area contributed by atoms with E-state index in [2.05, 4.69) is 20.4 Å². The first-order valence-corrected chi connectivity index (χ1v) is 11.0. The second-order valence-electron chi connectivity index (χ2n) is 7.99. The van der Waals surface area contributed by atoms with Crippen LogP contribution in [0.3, 0.4) is 0 Å². The van der Waals surface area contributed by atoms with Crippen molar-refractivity contribution in [2.45, 2.75) is 63.8 Å². The highest BCUT2D eigenvalue weighted by atomic mass is 127. The average Bonchev–Trinajstić information content (AvgIpc) is 3.18. The topological polar surface area (TPSA) is 92.5 Å². The highest BCUT2D eigenvalue weighted by Gasteiger charge is 2.41. The molecule has 1 aliphatic carbocycles. The van der Waals surface area contributed by atoms with Gasteiger partial charge in [0.05, 0.1) is 10.5 Å². The van der Waals surface area contributed by atoms with Gasteiger partial charge in [0.15, 0.2) is 21.6 Å². The molecule has 0 amide bonds. The quantitative estimate of drug-likeness (QED) is 0.378. The van der Waals surface area contributed by atoms with Crippen molar-refractivity contribution in [1.82, 2.24) is 25.0 Å². The van der Waals surface area contributed by atoms with Gasteiger partial charge < -0.3 is 14.8 Å². The van der Waals surface area contributed by atoms with Crippen molar-refractivity contribution in [2.24, 2.45) is 12.0 Å². The Labute approximate surface area is 179 Å². The zero-order valence-electron chi connectivity index (χ0n) is 16.6. The number of aryl methyl sites for hydroxylation is 1. The number of hydrogen-bond donors (Lipinski definition) is 1. The molecule has 27 heavy (non-hydrogen) atoms. The minimum absolute atomic E-state index is 0. The molecule has 0 bridgehead atoms. The standard InChI is InChI=1S/C17H30N6O2S.HI/c1-13-20-21-15(22(13)4)11-18-16(19-14-7-5-6-8-14)23-9-10-26(24,25)17(2,3)12-23;/h14H,5-12H2,1-4H3,(H,18,19);1H. The van der Waals surface area contributed by atoms with Crippen LogP contribution in [-0.2, 0) is 23.4 Å². The van der Waals surface area contributed by atoms with Crippen LogP contribution in [0.1, 0.15) is 51.2 Å². The van der Waals surface area contributed by atoms with Crippen LogP contribution in [0.4, 0.5) is 0 Å². The Morgan fingerprint density at radius 2 is 1.96 bits per heavy atom. The van der Waals surface area contributed by atoms with Gasteiger partial charge in [0.2, 0.25) is 0 Å². The molecule has 0 unspecified atom stereocenters. The van der Waals surface area contributed by atoms with Gasteiger partial charge >= 0.3 is 0 Å². The molecule has 0 atom stereocenters. The van der Waals surface area contributed by atoms with E-state index in [9.17, 15) is 8.42 Å². The number of aliphatic imine (C=N–C) groups is 1. The van der Waals surface area contributed by atoms with Crippen LogP contribution >= 0.6 is 24.0 Å². The van der Waals surface area contributed by atoms with Crippen molar-refractivity contribution < 1.29 is 8.42 Å². The smallest absolute Gasteiger partial charge is 0.194 e. The van der Waals surface area contributed by atoms with Gasteiger partial charge in [0, 0.05) is 26.2 Å². The number of halogens is 1. The molecule has 1 N–H and O–H groups in total. The Hall–Kier alpha value is -0.910. The Bertz CT molecular complexity index is 783. The molecule has 0 spiro atoms. The molecule has 1 aromatic heterocycles. The lowest BCUT2D eigenvalue weighted by Gasteiger charge is -2.39. The monoisotopic (exact) mass is 510 g/mol. The molecular weight excluding hydrogens is 479 g/mol. The number of hydrogen-bond acceptors (Lipinski definition) is 5. The maximum atomic E-state index is 12.3. The molecule has 2 fully saturated rings. The molecule has 3 rings (SSSR count). The van der Waals surface area contributed by atoms with E-state index in [1.807, 2.05) is 18.5 Å². The summed E-state index contributed by atoms with van der Waals surface area (Å²) < 4.78 is 25.8. The lowest BCUT2D eigenvalue weighted by atomic mass is 10.2. The van der Waals surface area contributed by atoms with E-state index in [4.69, 9.17) is 4.99 Å². The predicted molar refractivity (Wildman–Crippen MR) is 117 cm³/mol. The fraction of sp³-hybridized carbons (Fsp3) is 0.824. The fourth-order valence-corrected chi connectivity index (χ4v) is 4.91. The van der Waals surface area contributed by atoms with Gasteiger partial charge in [-0.15, -0.1) is 34.2 Å². The van der Waals surface area contributed by atoms with Crippen molar-refractivity contribution in [3.63, 3.8) is 0 Å². The summed E-state index contributed by atoms with van der Waals surface area (Å²) in [5, 5.41) is 11.8. The molecule has 8 nitrogen and oxygen atoms in total. The van der Waals surface area contributed by atoms with Crippen molar-refractivity contribution in [2.75, 3.05) is 18.8 Å². The minimum Gasteiger partial charge on any atom is -0.353 e. The molecule has 0 aromatic carbocycles. The van der Waals surface area contributed by atoms with Gasteiger partial charge in [-0.3, -0.25) is 0 Å². The van der Waals surface area contributed by atoms with Crippen molar-refractivity contribution in [1.29, 1.82) is 0 Å². The van der Waals surface area contributed by atoms with Crippen molar-refractivity contribution in [3.8, 4) is 0 Å². The maximum absolute atomic E-state index is 12.3. The summed E-state index contributed by atoms with van der Waals surface area (Å²) >= 11 is 0. The summed E-state index contributed by atoms with van der Waals surface area (Å²) in [6.07, 6.45) is 4.73. The molecule has 1 saturated heterocycles. The summed E-state index contributed by atoms with van der Waals surface area (Å²) in [5.41, 5.74) is 0. The van der Waals surface area contributed by atoms with Gasteiger partial charge in [-0.1, -0.05) is 12.8 Å². The van der Waals surface area contributed by atoms with Crippen molar-refractivity contribution >= 4 is 39.8 Å². The van der Waals surface area contributed by atoms with Gasteiger partial charge in [0.1, 0.15) is 12.4 Å². The minimum atomic E-state index is -3.08. The molecule has 154 valence electrons. The molecule has 10 heteroatoms. The van der Waals surface area contributed by atoms with E-state index in [1.54, 1.807) is 13.8 Å². The normalized spacial score (nSPS) is 22.5. The van der Waals surface area contributed by atoms with E-state index in [0.29, 0.717) is 25.7 Å². The molecule has 2 heterocycles. The maximum Gasteiger partial charge on any atom is 0.194 e. The molecule has 1 aromatic rings. The Morgan fingerprint density at radius 1 is 1.30 bits per heavy atom. The second-order valence-corrected chi connectivity index (χ2v) is 10.7. The van der Waals surface area contributed by atoms with E-state index in [0.717, 1.165) is 30.5 Å². The SMILES string of the molecule is Cc1nnc(CN=C(NC2CCCC2)N2CCS(=O)(=O)C(C)(C)C2)n1C.I. The Balaban J connectivity index is 0.00000261. The summed E-state index contributed by atoms with van der Waals surface area (Å²) in [6, 6.07) is 0.414. The summed E-state index contributed by atoms with van der Waals surface area (Å²) in [6.45, 7) is 6.86. The molecule has 2 aliphatic rings. The second kappa shape index (κ2) is 8.62. The number of rotatable bonds is 3. The third kappa shape index (κ3) is 4.93. The van der Waals surface area contributed by atoms with E-state index < -0.39 is 14.6 Å². The molecule has 1 saturated carbocycles. The highest BCUT2D eigenvalue weighted by Crippen LogP contribution is 2.25. The van der Waals surface area contributed by atoms with Crippen LogP contribution < -0.4 is 5.32 Å². The van der Waals surface area contributed by atoms with Gasteiger partial charge in [-0.2, -0.15) is 0 Å². The summed E-state index contributed by atoms with van der Waals surface area (Å²) in [4.78, 5) is 6.87. The largest absolute Gasteiger partial charge is 0.353 e. The molecule has 1 aliphatic heterocycles. The average molecular weight is 510 g/mol. The number of nitrogens with one attached hydrogen (secondary N) is 1. The van der Waals surface area contributed by atoms with Crippen LogP contribution in [0.25, 0.3) is 0 Å². The van der Waals surface area contributed by atoms with Crippen molar-refractivity contribution in [3.05, 3.63) is 11.6 Å². The number of sulfone groups is 1. The lowest BCUT2D eigenvalue weighted by molar-refractivity contribution is 0.347. The van der Waals surface area contributed by atoms with E-state index >= 15 is 0 Å². The summed E-state index contributed by atoms with van der Waals surface area (Å²) in [5.74, 6) is 2.61. The van der Waals surface area contributed by atoms with Gasteiger partial charge in [0.25, 0.3) is 0 Å². The Morgan fingerprint density at radius 3 is 2.52 bits per heavy atom. The first kappa shape index (κ1) is 22.4. The van der Waals surface area contributed by atoms with E-state index in [-0.39, 0.29) is 29.7 Å². The van der Waals surface area contributed by atoms with Gasteiger partial charge in [-0.05, 0) is 33.6 Å². The van der Waals surface area contributed by atoms with Crippen LogP contribution in [0, 0.1) is 6.92 Å². The fourth-order valence-electron chi connectivity index (χ4n) is 3.55. The van der Waals surface area contributed by atoms with Crippen LogP contribution in [0.2, 0.25) is 0 Å².